The summed E-state index contributed by atoms with van der Waals surface area (Å²) in [5.74, 6) is 0. The molecule has 1 aliphatic carbocycles. The monoisotopic (exact) mass is 268 g/mol. The van der Waals surface area contributed by atoms with Gasteiger partial charge in [-0.15, -0.1) is 0 Å². The number of benzene rings is 1. The van der Waals surface area contributed by atoms with Crippen molar-refractivity contribution < 1.29 is 0 Å². The highest BCUT2D eigenvalue weighted by molar-refractivity contribution is 5.28. The molecule has 1 atom stereocenters. The lowest BCUT2D eigenvalue weighted by molar-refractivity contribution is 0.453. The summed E-state index contributed by atoms with van der Waals surface area (Å²) >= 11 is 0. The molecule has 3 rings (SSSR count). The maximum absolute atomic E-state index is 11.4. The van der Waals surface area contributed by atoms with Crippen LogP contribution in [-0.4, -0.2) is 4.98 Å². The lowest BCUT2D eigenvalue weighted by Gasteiger charge is -2.26. The Morgan fingerprint density at radius 2 is 2.10 bits per heavy atom. The molecular formula is C17H20N2O. The SMILES string of the molecule is Cc1ccccc1CNC1CCCc2[nH]c(=O)ccc21. The van der Waals surface area contributed by atoms with Gasteiger partial charge >= 0.3 is 0 Å². The molecule has 1 aromatic heterocycles. The molecule has 0 saturated carbocycles. The second kappa shape index (κ2) is 5.63. The predicted molar refractivity (Wildman–Crippen MR) is 80.8 cm³/mol. The van der Waals surface area contributed by atoms with Gasteiger partial charge in [0.2, 0.25) is 5.56 Å². The van der Waals surface area contributed by atoms with Crippen molar-refractivity contribution in [2.75, 3.05) is 0 Å². The molecule has 0 aliphatic heterocycles. The van der Waals surface area contributed by atoms with Gasteiger partial charge in [-0.1, -0.05) is 30.3 Å². The van der Waals surface area contributed by atoms with Gasteiger partial charge in [-0.05, 0) is 42.9 Å². The molecule has 2 aromatic rings. The number of aromatic nitrogens is 1. The first-order valence-electron chi connectivity index (χ1n) is 7.24. The number of nitrogens with one attached hydrogen (secondary N) is 2. The van der Waals surface area contributed by atoms with E-state index in [9.17, 15) is 4.79 Å². The van der Waals surface area contributed by atoms with Gasteiger partial charge < -0.3 is 10.3 Å². The lowest BCUT2D eigenvalue weighted by Crippen LogP contribution is -2.27. The van der Waals surface area contributed by atoms with Gasteiger partial charge in [-0.25, -0.2) is 0 Å². The van der Waals surface area contributed by atoms with Gasteiger partial charge in [0.1, 0.15) is 0 Å². The van der Waals surface area contributed by atoms with Crippen molar-refractivity contribution in [3.05, 3.63) is 69.1 Å². The van der Waals surface area contributed by atoms with Crippen LogP contribution in [0.2, 0.25) is 0 Å². The summed E-state index contributed by atoms with van der Waals surface area (Å²) in [7, 11) is 0. The van der Waals surface area contributed by atoms with Crippen molar-refractivity contribution in [2.45, 2.75) is 38.8 Å². The zero-order valence-corrected chi connectivity index (χ0v) is 11.8. The van der Waals surface area contributed by atoms with Crippen LogP contribution >= 0.6 is 0 Å². The number of pyridine rings is 1. The Morgan fingerprint density at radius 1 is 1.25 bits per heavy atom. The number of aromatic amines is 1. The molecule has 2 N–H and O–H groups in total. The van der Waals surface area contributed by atoms with Crippen LogP contribution in [0.25, 0.3) is 0 Å². The molecule has 1 aliphatic rings. The molecule has 0 radical (unpaired) electrons. The second-order valence-electron chi connectivity index (χ2n) is 5.51. The molecule has 0 bridgehead atoms. The maximum Gasteiger partial charge on any atom is 0.248 e. The number of hydrogen-bond donors (Lipinski definition) is 2. The number of H-pyrrole nitrogens is 1. The average molecular weight is 268 g/mol. The van der Waals surface area contributed by atoms with Gasteiger partial charge in [0, 0.05) is 24.3 Å². The van der Waals surface area contributed by atoms with Crippen LogP contribution in [0.15, 0.2) is 41.2 Å². The van der Waals surface area contributed by atoms with Crippen LogP contribution in [0.5, 0.6) is 0 Å². The molecule has 0 amide bonds. The van der Waals surface area contributed by atoms with E-state index in [0.29, 0.717) is 6.04 Å². The van der Waals surface area contributed by atoms with E-state index in [0.717, 1.165) is 31.5 Å². The van der Waals surface area contributed by atoms with E-state index < -0.39 is 0 Å². The first-order chi connectivity index (χ1) is 9.74. The highest BCUT2D eigenvalue weighted by Crippen LogP contribution is 2.27. The third-order valence-corrected chi connectivity index (χ3v) is 4.13. The quantitative estimate of drug-likeness (QED) is 0.899. The molecule has 0 spiro atoms. The Balaban J connectivity index is 1.77. The topological polar surface area (TPSA) is 44.9 Å². The first kappa shape index (κ1) is 13.1. The Hall–Kier alpha value is -1.87. The van der Waals surface area contributed by atoms with Crippen molar-refractivity contribution in [3.8, 4) is 0 Å². The summed E-state index contributed by atoms with van der Waals surface area (Å²) in [6, 6.07) is 12.4. The number of hydrogen-bond acceptors (Lipinski definition) is 2. The molecule has 0 saturated heterocycles. The minimum atomic E-state index is 0.00306. The van der Waals surface area contributed by atoms with E-state index in [1.807, 2.05) is 6.07 Å². The molecular weight excluding hydrogens is 248 g/mol. The van der Waals surface area contributed by atoms with Gasteiger partial charge in [-0.2, -0.15) is 0 Å². The average Bonchev–Trinajstić information content (AvgIpc) is 2.46. The van der Waals surface area contributed by atoms with Crippen LogP contribution in [0, 0.1) is 6.92 Å². The minimum absolute atomic E-state index is 0.00306. The summed E-state index contributed by atoms with van der Waals surface area (Å²) in [4.78, 5) is 14.4. The van der Waals surface area contributed by atoms with E-state index in [-0.39, 0.29) is 5.56 Å². The lowest BCUT2D eigenvalue weighted by atomic mass is 9.91. The van der Waals surface area contributed by atoms with Gasteiger partial charge in [-0.3, -0.25) is 4.79 Å². The van der Waals surface area contributed by atoms with Crippen LogP contribution in [0.1, 0.15) is 41.3 Å². The van der Waals surface area contributed by atoms with E-state index >= 15 is 0 Å². The number of fused-ring (bicyclic) bond motifs is 1. The normalized spacial score (nSPS) is 17.8. The summed E-state index contributed by atoms with van der Waals surface area (Å²) in [6.07, 6.45) is 3.23. The highest BCUT2D eigenvalue weighted by atomic mass is 16.1. The fraction of sp³-hybridized carbons (Fsp3) is 0.353. The van der Waals surface area contributed by atoms with Crippen molar-refractivity contribution in [1.82, 2.24) is 10.3 Å². The number of aryl methyl sites for hydroxylation is 2. The zero-order chi connectivity index (χ0) is 13.9. The van der Waals surface area contributed by atoms with E-state index in [1.54, 1.807) is 6.07 Å². The first-order valence-corrected chi connectivity index (χ1v) is 7.24. The summed E-state index contributed by atoms with van der Waals surface area (Å²) in [5.41, 5.74) is 5.01. The zero-order valence-electron chi connectivity index (χ0n) is 11.8. The third-order valence-electron chi connectivity index (χ3n) is 4.13. The van der Waals surface area contributed by atoms with Crippen LogP contribution < -0.4 is 10.9 Å². The van der Waals surface area contributed by atoms with E-state index in [1.165, 1.54) is 16.7 Å². The standard InChI is InChI=1S/C17H20N2O/c1-12-5-2-3-6-13(12)11-18-15-7-4-8-16-14(15)9-10-17(20)19-16/h2-3,5-6,9-10,15,18H,4,7-8,11H2,1H3,(H,19,20). The minimum Gasteiger partial charge on any atom is -0.326 e. The van der Waals surface area contributed by atoms with Crippen LogP contribution in [0.3, 0.4) is 0 Å². The van der Waals surface area contributed by atoms with Gasteiger partial charge in [0.15, 0.2) is 0 Å². The largest absolute Gasteiger partial charge is 0.326 e. The van der Waals surface area contributed by atoms with Crippen molar-refractivity contribution >= 4 is 0 Å². The maximum atomic E-state index is 11.4. The summed E-state index contributed by atoms with van der Waals surface area (Å²) in [5, 5.41) is 3.63. The highest BCUT2D eigenvalue weighted by Gasteiger charge is 2.20. The Kier molecular flexibility index (Phi) is 3.70. The Labute approximate surface area is 119 Å². The van der Waals surface area contributed by atoms with E-state index in [4.69, 9.17) is 0 Å². The smallest absolute Gasteiger partial charge is 0.248 e. The summed E-state index contributed by atoms with van der Waals surface area (Å²) in [6.45, 7) is 3.01. The second-order valence-corrected chi connectivity index (χ2v) is 5.51. The molecule has 1 aromatic carbocycles. The Morgan fingerprint density at radius 3 is 2.95 bits per heavy atom. The van der Waals surface area contributed by atoms with Gasteiger partial charge in [0.25, 0.3) is 0 Å². The van der Waals surface area contributed by atoms with Crippen molar-refractivity contribution in [2.24, 2.45) is 0 Å². The molecule has 3 heteroatoms. The van der Waals surface area contributed by atoms with E-state index in [2.05, 4.69) is 41.5 Å². The fourth-order valence-electron chi connectivity index (χ4n) is 2.95. The molecule has 1 unspecified atom stereocenters. The molecule has 20 heavy (non-hydrogen) atoms. The number of rotatable bonds is 3. The fourth-order valence-corrected chi connectivity index (χ4v) is 2.95. The van der Waals surface area contributed by atoms with Crippen LogP contribution in [0.4, 0.5) is 0 Å². The summed E-state index contributed by atoms with van der Waals surface area (Å²) < 4.78 is 0. The Bertz CT molecular complexity index is 660. The molecule has 3 nitrogen and oxygen atoms in total. The van der Waals surface area contributed by atoms with Crippen molar-refractivity contribution in [1.29, 1.82) is 0 Å². The molecule has 1 heterocycles. The molecule has 104 valence electrons. The van der Waals surface area contributed by atoms with Gasteiger partial charge in [0.05, 0.1) is 0 Å². The van der Waals surface area contributed by atoms with Crippen molar-refractivity contribution in [3.63, 3.8) is 0 Å². The molecule has 0 fully saturated rings. The third kappa shape index (κ3) is 2.68. The van der Waals surface area contributed by atoms with Crippen LogP contribution in [-0.2, 0) is 13.0 Å². The predicted octanol–water partition coefficient (Wildman–Crippen LogP) is 2.85.